The van der Waals surface area contributed by atoms with Crippen LogP contribution in [0.25, 0.3) is 0 Å². The largest absolute Gasteiger partial charge is 0.480 e. The van der Waals surface area contributed by atoms with Crippen molar-refractivity contribution in [3.8, 4) is 0 Å². The van der Waals surface area contributed by atoms with Gasteiger partial charge in [-0.2, -0.15) is 0 Å². The smallest absolute Gasteiger partial charge is 0.323 e. The van der Waals surface area contributed by atoms with Crippen LogP contribution in [0.15, 0.2) is 0 Å². The number of nitrogens with zero attached hydrogens (tertiary/aromatic N) is 1. The van der Waals surface area contributed by atoms with Crippen molar-refractivity contribution in [2.24, 2.45) is 0 Å². The fourth-order valence-corrected chi connectivity index (χ4v) is 0.909. The normalized spacial score (nSPS) is 11.2. The Morgan fingerprint density at radius 3 is 2.20 bits per heavy atom. The summed E-state index contributed by atoms with van der Waals surface area (Å²) in [5, 5.41) is 8.56. The van der Waals surface area contributed by atoms with Gasteiger partial charge in [0.05, 0.1) is 5.60 Å². The van der Waals surface area contributed by atoms with E-state index in [0.717, 1.165) is 0 Å². The first-order chi connectivity index (χ1) is 6.76. The summed E-state index contributed by atoms with van der Waals surface area (Å²) in [6.45, 7) is 7.28. The Labute approximate surface area is 90.0 Å². The first-order valence-electron chi connectivity index (χ1n) is 4.89. The van der Waals surface area contributed by atoms with Crippen LogP contribution in [-0.2, 0) is 14.3 Å². The summed E-state index contributed by atoms with van der Waals surface area (Å²) in [6.07, 6.45) is 0. The minimum absolute atomic E-state index is 0.0788. The summed E-state index contributed by atoms with van der Waals surface area (Å²) in [5.41, 5.74) is -0.391. The summed E-state index contributed by atoms with van der Waals surface area (Å²) in [6, 6.07) is 0. The minimum atomic E-state index is -1.01. The zero-order valence-corrected chi connectivity index (χ0v) is 9.74. The number of likely N-dealkylation sites (N-methyl/N-ethyl adjacent to an activating group) is 1. The maximum atomic E-state index is 11.5. The first-order valence-corrected chi connectivity index (χ1v) is 4.89. The van der Waals surface area contributed by atoms with E-state index < -0.39 is 11.6 Å². The highest BCUT2D eigenvalue weighted by Gasteiger charge is 2.18. The number of hydrogen-bond donors (Lipinski definition) is 1. The molecule has 0 unspecified atom stereocenters. The molecule has 0 spiro atoms. The van der Waals surface area contributed by atoms with Crippen LogP contribution in [0.3, 0.4) is 0 Å². The Morgan fingerprint density at radius 2 is 1.87 bits per heavy atom. The molecule has 0 heterocycles. The molecule has 0 aromatic carbocycles. The Kier molecular flexibility index (Phi) is 5.28. The van der Waals surface area contributed by atoms with E-state index in [-0.39, 0.29) is 19.1 Å². The Morgan fingerprint density at radius 1 is 1.33 bits per heavy atom. The van der Waals surface area contributed by atoms with Crippen LogP contribution in [0.4, 0.5) is 0 Å². The van der Waals surface area contributed by atoms with E-state index in [0.29, 0.717) is 6.54 Å². The summed E-state index contributed by atoms with van der Waals surface area (Å²) < 4.78 is 5.27. The van der Waals surface area contributed by atoms with Gasteiger partial charge in [0.15, 0.2) is 0 Å². The maximum Gasteiger partial charge on any atom is 0.323 e. The van der Waals surface area contributed by atoms with Crippen LogP contribution in [0.5, 0.6) is 0 Å². The molecule has 0 aliphatic rings. The maximum absolute atomic E-state index is 11.5. The summed E-state index contributed by atoms with van der Waals surface area (Å²) in [5.74, 6) is -1.31. The monoisotopic (exact) mass is 217 g/mol. The van der Waals surface area contributed by atoms with Crippen molar-refractivity contribution in [2.75, 3.05) is 19.7 Å². The number of amides is 1. The molecule has 0 aliphatic heterocycles. The summed E-state index contributed by atoms with van der Waals surface area (Å²) >= 11 is 0. The van der Waals surface area contributed by atoms with Gasteiger partial charge in [0.1, 0.15) is 13.2 Å². The molecule has 0 rings (SSSR count). The molecule has 0 fully saturated rings. The molecule has 0 aromatic heterocycles. The molecule has 5 nitrogen and oxygen atoms in total. The van der Waals surface area contributed by atoms with Crippen LogP contribution in [0.1, 0.15) is 27.7 Å². The lowest BCUT2D eigenvalue weighted by Gasteiger charge is -2.23. The zero-order valence-electron chi connectivity index (χ0n) is 9.74. The number of carbonyl (C=O) groups excluding carboxylic acids is 1. The third-order valence-corrected chi connectivity index (χ3v) is 1.69. The number of rotatable bonds is 5. The van der Waals surface area contributed by atoms with Crippen molar-refractivity contribution in [2.45, 2.75) is 33.3 Å². The van der Waals surface area contributed by atoms with Crippen LogP contribution >= 0.6 is 0 Å². The molecule has 15 heavy (non-hydrogen) atoms. The third kappa shape index (κ3) is 6.90. The SMILES string of the molecule is CCN(CC(=O)O)C(=O)COC(C)(C)C. The van der Waals surface area contributed by atoms with Crippen molar-refractivity contribution < 1.29 is 19.4 Å². The van der Waals surface area contributed by atoms with Crippen molar-refractivity contribution in [3.05, 3.63) is 0 Å². The van der Waals surface area contributed by atoms with E-state index >= 15 is 0 Å². The molecule has 1 N–H and O–H groups in total. The van der Waals surface area contributed by atoms with Gasteiger partial charge < -0.3 is 14.7 Å². The van der Waals surface area contributed by atoms with Crippen molar-refractivity contribution in [3.63, 3.8) is 0 Å². The van der Waals surface area contributed by atoms with Crippen molar-refractivity contribution in [1.82, 2.24) is 4.90 Å². The van der Waals surface area contributed by atoms with Gasteiger partial charge in [0.25, 0.3) is 0 Å². The lowest BCUT2D eigenvalue weighted by molar-refractivity contribution is -0.148. The second-order valence-corrected chi connectivity index (χ2v) is 4.20. The number of carboxylic acids is 1. The zero-order chi connectivity index (χ0) is 12.1. The van der Waals surface area contributed by atoms with Gasteiger partial charge in [-0.1, -0.05) is 0 Å². The predicted molar refractivity (Wildman–Crippen MR) is 55.6 cm³/mol. The highest BCUT2D eigenvalue weighted by atomic mass is 16.5. The average Bonchev–Trinajstić information content (AvgIpc) is 2.08. The summed E-state index contributed by atoms with van der Waals surface area (Å²) in [7, 11) is 0. The third-order valence-electron chi connectivity index (χ3n) is 1.69. The highest BCUT2D eigenvalue weighted by molar-refractivity contribution is 5.82. The van der Waals surface area contributed by atoms with E-state index in [9.17, 15) is 9.59 Å². The highest BCUT2D eigenvalue weighted by Crippen LogP contribution is 2.06. The van der Waals surface area contributed by atoms with Crippen LogP contribution in [0.2, 0.25) is 0 Å². The van der Waals surface area contributed by atoms with Gasteiger partial charge in [-0.25, -0.2) is 0 Å². The van der Waals surface area contributed by atoms with Gasteiger partial charge in [-0.15, -0.1) is 0 Å². The van der Waals surface area contributed by atoms with Crippen LogP contribution in [0, 0.1) is 0 Å². The van der Waals surface area contributed by atoms with Crippen LogP contribution < -0.4 is 0 Å². The number of carbonyl (C=O) groups is 2. The van der Waals surface area contributed by atoms with Gasteiger partial charge in [0, 0.05) is 6.54 Å². The molecule has 0 aliphatic carbocycles. The molecular weight excluding hydrogens is 198 g/mol. The fraction of sp³-hybridized carbons (Fsp3) is 0.800. The summed E-state index contributed by atoms with van der Waals surface area (Å²) in [4.78, 5) is 23.2. The van der Waals surface area contributed by atoms with Crippen LogP contribution in [-0.4, -0.2) is 47.2 Å². The molecule has 5 heteroatoms. The number of aliphatic carboxylic acids is 1. The number of hydrogen-bond acceptors (Lipinski definition) is 3. The van der Waals surface area contributed by atoms with E-state index in [4.69, 9.17) is 9.84 Å². The van der Waals surface area contributed by atoms with E-state index in [1.807, 2.05) is 20.8 Å². The van der Waals surface area contributed by atoms with Gasteiger partial charge in [-0.05, 0) is 27.7 Å². The van der Waals surface area contributed by atoms with Crippen molar-refractivity contribution >= 4 is 11.9 Å². The predicted octanol–water partition coefficient (Wildman–Crippen LogP) is 0.735. The van der Waals surface area contributed by atoms with E-state index in [2.05, 4.69) is 0 Å². The standard InChI is InChI=1S/C10H19NO4/c1-5-11(6-9(13)14)8(12)7-15-10(2,3)4/h5-7H2,1-4H3,(H,13,14). The fourth-order valence-electron chi connectivity index (χ4n) is 0.909. The minimum Gasteiger partial charge on any atom is -0.480 e. The average molecular weight is 217 g/mol. The molecule has 0 radical (unpaired) electrons. The quantitative estimate of drug-likeness (QED) is 0.737. The number of ether oxygens (including phenoxy) is 1. The molecule has 1 amide bonds. The van der Waals surface area contributed by atoms with Gasteiger partial charge in [-0.3, -0.25) is 9.59 Å². The second-order valence-electron chi connectivity index (χ2n) is 4.20. The lowest BCUT2D eigenvalue weighted by atomic mass is 10.2. The molecule has 0 aromatic rings. The second kappa shape index (κ2) is 5.70. The van der Waals surface area contributed by atoms with Gasteiger partial charge in [0.2, 0.25) is 5.91 Å². The molecule has 0 bridgehead atoms. The van der Waals surface area contributed by atoms with E-state index in [1.54, 1.807) is 6.92 Å². The topological polar surface area (TPSA) is 66.8 Å². The molecule has 0 saturated carbocycles. The molecule has 88 valence electrons. The van der Waals surface area contributed by atoms with Gasteiger partial charge >= 0.3 is 5.97 Å². The Hall–Kier alpha value is -1.10. The first kappa shape index (κ1) is 13.9. The molecule has 0 saturated heterocycles. The van der Waals surface area contributed by atoms with Crippen molar-refractivity contribution in [1.29, 1.82) is 0 Å². The molecule has 0 atom stereocenters. The lowest BCUT2D eigenvalue weighted by Crippen LogP contribution is -2.39. The Balaban J connectivity index is 4.11. The van der Waals surface area contributed by atoms with E-state index in [1.165, 1.54) is 4.90 Å². The number of carboxylic acid groups (broad SMARTS) is 1. The molecular formula is C10H19NO4. The Bertz CT molecular complexity index is 232.